The lowest BCUT2D eigenvalue weighted by molar-refractivity contribution is 0.165. The van der Waals surface area contributed by atoms with Crippen molar-refractivity contribution in [2.24, 2.45) is 0 Å². The molecule has 314 valence electrons. The van der Waals surface area contributed by atoms with Gasteiger partial charge in [-0.15, -0.1) is 0 Å². The summed E-state index contributed by atoms with van der Waals surface area (Å²) in [6, 6.07) is 9.09. The summed E-state index contributed by atoms with van der Waals surface area (Å²) in [4.78, 5) is 38.8. The van der Waals surface area contributed by atoms with Crippen molar-refractivity contribution in [2.75, 3.05) is 52.4 Å². The first-order valence-corrected chi connectivity index (χ1v) is 22.3. The minimum atomic E-state index is -0.0270. The highest BCUT2D eigenvalue weighted by Crippen LogP contribution is 2.43. The number of H-pyrrole nitrogens is 2. The van der Waals surface area contributed by atoms with Gasteiger partial charge < -0.3 is 49.2 Å². The predicted molar refractivity (Wildman–Crippen MR) is 245 cm³/mol. The first-order chi connectivity index (χ1) is 29.4. The SMILES string of the molecule is CCN1C=CN(CC)C1c1c2nc(c(C3N(CC)C=CN3CC)c3ccc([nH]3)c(C3N(CC)C=CN3CC)c3nc(c(C4N(CC)C=CN4CC)c4ccc1[nH]4)C=C3)C=C2. The fraction of sp³-hybridized carbons (Fsp3) is 0.417. The third-order valence-electron chi connectivity index (χ3n) is 13.2. The van der Waals surface area contributed by atoms with Crippen LogP contribution in [0.5, 0.6) is 0 Å². The molecule has 0 saturated heterocycles. The van der Waals surface area contributed by atoms with Gasteiger partial charge >= 0.3 is 0 Å². The summed E-state index contributed by atoms with van der Waals surface area (Å²) < 4.78 is 0. The zero-order valence-electron chi connectivity index (χ0n) is 36.7. The van der Waals surface area contributed by atoms with E-state index in [4.69, 9.17) is 9.97 Å². The van der Waals surface area contributed by atoms with Crippen LogP contribution in [0.1, 0.15) is 125 Å². The fourth-order valence-electron chi connectivity index (χ4n) is 10.0. The Balaban J connectivity index is 1.44. The Labute approximate surface area is 355 Å². The van der Waals surface area contributed by atoms with Gasteiger partial charge in [-0.05, 0) is 104 Å². The lowest BCUT2D eigenvalue weighted by Gasteiger charge is -2.33. The molecule has 60 heavy (non-hydrogen) atoms. The minimum absolute atomic E-state index is 0.0270. The van der Waals surface area contributed by atoms with Gasteiger partial charge in [0.05, 0.1) is 22.8 Å². The number of hydrogen-bond acceptors (Lipinski definition) is 10. The van der Waals surface area contributed by atoms with Crippen LogP contribution in [-0.4, -0.2) is 111 Å². The third-order valence-corrected chi connectivity index (χ3v) is 13.2. The smallest absolute Gasteiger partial charge is 0.131 e. The van der Waals surface area contributed by atoms with Crippen LogP contribution in [0.15, 0.2) is 73.9 Å². The molecule has 0 saturated carbocycles. The Hall–Kier alpha value is -6.04. The molecule has 12 heteroatoms. The molecule has 8 bridgehead atoms. The first kappa shape index (κ1) is 39.4. The molecule has 9 rings (SSSR count). The quantitative estimate of drug-likeness (QED) is 0.127. The number of fused-ring (bicyclic) bond motifs is 8. The van der Waals surface area contributed by atoms with Crippen molar-refractivity contribution >= 4 is 46.4 Å². The van der Waals surface area contributed by atoms with E-state index in [9.17, 15) is 0 Å². The van der Waals surface area contributed by atoms with Crippen molar-refractivity contribution in [3.05, 3.63) is 119 Å². The maximum atomic E-state index is 5.68. The normalized spacial score (nSPS) is 18.3. The van der Waals surface area contributed by atoms with Crippen molar-refractivity contribution in [3.8, 4) is 0 Å². The van der Waals surface area contributed by atoms with E-state index < -0.39 is 0 Å². The molecule has 0 radical (unpaired) electrons. The van der Waals surface area contributed by atoms with Gasteiger partial charge in [-0.25, -0.2) is 9.97 Å². The van der Waals surface area contributed by atoms with Crippen molar-refractivity contribution in [1.29, 1.82) is 0 Å². The molecule has 0 unspecified atom stereocenters. The number of nitrogens with zero attached hydrogens (tertiary/aromatic N) is 10. The summed E-state index contributed by atoms with van der Waals surface area (Å²) in [6.45, 7) is 24.9. The van der Waals surface area contributed by atoms with Crippen LogP contribution in [0.3, 0.4) is 0 Å². The highest BCUT2D eigenvalue weighted by molar-refractivity contribution is 5.84. The van der Waals surface area contributed by atoms with Crippen LogP contribution in [0.4, 0.5) is 0 Å². The Morgan fingerprint density at radius 2 is 0.517 bits per heavy atom. The van der Waals surface area contributed by atoms with Crippen LogP contribution in [0.25, 0.3) is 46.4 Å². The van der Waals surface area contributed by atoms with Gasteiger partial charge in [-0.3, -0.25) is 0 Å². The van der Waals surface area contributed by atoms with Gasteiger partial charge in [0.25, 0.3) is 0 Å². The second-order valence-electron chi connectivity index (χ2n) is 16.0. The molecule has 12 nitrogen and oxygen atoms in total. The molecule has 0 spiro atoms. The largest absolute Gasteiger partial charge is 0.355 e. The van der Waals surface area contributed by atoms with Gasteiger partial charge in [-0.2, -0.15) is 0 Å². The zero-order valence-corrected chi connectivity index (χ0v) is 36.7. The summed E-state index contributed by atoms with van der Waals surface area (Å²) in [5.41, 5.74) is 12.8. The molecular formula is C48H62N12. The number of nitrogens with one attached hydrogen (secondary N) is 2. The lowest BCUT2D eigenvalue weighted by Crippen LogP contribution is -2.32. The van der Waals surface area contributed by atoms with Crippen LogP contribution in [-0.2, 0) is 0 Å². The van der Waals surface area contributed by atoms with E-state index in [0.29, 0.717) is 0 Å². The molecule has 0 amide bonds. The summed E-state index contributed by atoms with van der Waals surface area (Å²) in [5, 5.41) is 0. The fourth-order valence-corrected chi connectivity index (χ4v) is 10.0. The Morgan fingerprint density at radius 3 is 0.683 bits per heavy atom. The minimum Gasteiger partial charge on any atom is -0.355 e. The van der Waals surface area contributed by atoms with Crippen LogP contribution in [0.2, 0.25) is 0 Å². The average molecular weight is 807 g/mol. The average Bonchev–Trinajstić information content (AvgIpc) is 4.13. The standard InChI is InChI=1S/C48H62N12/c1-9-53-25-26-54(10-2)45(53)41-33-17-19-35(49-33)42(46-55(11-3)27-28-56(46)12-4)37-21-23-39(51-37)44(48-59(15-7)31-32-60(48)16-8)40-24-22-38(52-40)43(36-20-18-34(41)50-36)47-57(13-5)29-30-58(47)14-6/h17-32,45-49,52H,9-16H2,1-8H3. The summed E-state index contributed by atoms with van der Waals surface area (Å²) in [5.74, 6) is 0. The molecule has 3 aromatic heterocycles. The third kappa shape index (κ3) is 6.33. The van der Waals surface area contributed by atoms with Crippen molar-refractivity contribution in [1.82, 2.24) is 59.1 Å². The van der Waals surface area contributed by atoms with Gasteiger partial charge in [0.15, 0.2) is 0 Å². The van der Waals surface area contributed by atoms with Gasteiger partial charge in [0.1, 0.15) is 24.7 Å². The molecule has 3 aromatic rings. The summed E-state index contributed by atoms with van der Waals surface area (Å²) in [6.07, 6.45) is 26.7. The topological polar surface area (TPSA) is 83.3 Å². The van der Waals surface area contributed by atoms with Crippen LogP contribution >= 0.6 is 0 Å². The molecule has 2 N–H and O–H groups in total. The van der Waals surface area contributed by atoms with Crippen LogP contribution < -0.4 is 0 Å². The summed E-state index contributed by atoms with van der Waals surface area (Å²) in [7, 11) is 0. The maximum Gasteiger partial charge on any atom is 0.131 e. The molecule has 9 heterocycles. The molecule has 0 aromatic carbocycles. The molecule has 6 aliphatic rings. The van der Waals surface area contributed by atoms with E-state index >= 15 is 0 Å². The number of hydrogen-bond donors (Lipinski definition) is 2. The second-order valence-corrected chi connectivity index (χ2v) is 16.0. The number of aromatic nitrogens is 4. The lowest BCUT2D eigenvalue weighted by atomic mass is 10.1. The molecule has 0 fully saturated rings. The maximum absolute atomic E-state index is 5.68. The highest BCUT2D eigenvalue weighted by Gasteiger charge is 2.36. The van der Waals surface area contributed by atoms with E-state index in [1.54, 1.807) is 0 Å². The van der Waals surface area contributed by atoms with E-state index in [-0.39, 0.29) is 24.7 Å². The van der Waals surface area contributed by atoms with Gasteiger partial charge in [0, 0.05) is 146 Å². The molecular weight excluding hydrogens is 745 g/mol. The first-order valence-electron chi connectivity index (χ1n) is 22.3. The van der Waals surface area contributed by atoms with Crippen LogP contribution in [0, 0.1) is 0 Å². The van der Waals surface area contributed by atoms with Crippen molar-refractivity contribution in [2.45, 2.75) is 80.1 Å². The Kier molecular flexibility index (Phi) is 10.6. The monoisotopic (exact) mass is 807 g/mol. The summed E-state index contributed by atoms with van der Waals surface area (Å²) >= 11 is 0. The highest BCUT2D eigenvalue weighted by atomic mass is 15.4. The molecule has 6 aliphatic heterocycles. The Morgan fingerprint density at radius 1 is 0.333 bits per heavy atom. The van der Waals surface area contributed by atoms with Crippen molar-refractivity contribution < 1.29 is 0 Å². The van der Waals surface area contributed by atoms with E-state index in [1.807, 2.05) is 0 Å². The van der Waals surface area contributed by atoms with E-state index in [0.717, 1.165) is 119 Å². The molecule has 0 atom stereocenters. The number of rotatable bonds is 12. The van der Waals surface area contributed by atoms with Crippen molar-refractivity contribution in [3.63, 3.8) is 0 Å². The van der Waals surface area contributed by atoms with Gasteiger partial charge in [0.2, 0.25) is 0 Å². The predicted octanol–water partition coefficient (Wildman–Crippen LogP) is 9.16. The van der Waals surface area contributed by atoms with Gasteiger partial charge in [-0.1, -0.05) is 0 Å². The van der Waals surface area contributed by atoms with E-state index in [1.165, 1.54) is 0 Å². The number of aromatic amines is 2. The molecule has 0 aliphatic carbocycles. The second kappa shape index (κ2) is 16.2. The zero-order chi connectivity index (χ0) is 41.7. The van der Waals surface area contributed by atoms with E-state index in [2.05, 4.69) is 203 Å². The Bertz CT molecular complexity index is 2070.